The third-order valence-electron chi connectivity index (χ3n) is 4.13. The first kappa shape index (κ1) is 21.6. The topological polar surface area (TPSA) is 114 Å². The van der Waals surface area contributed by atoms with Gasteiger partial charge in [-0.3, -0.25) is 0 Å². The Morgan fingerprint density at radius 2 is 2.19 bits per heavy atom. The van der Waals surface area contributed by atoms with Gasteiger partial charge < -0.3 is 19.9 Å². The first-order valence-corrected chi connectivity index (χ1v) is 10.6. The molecule has 9 heteroatoms. The molecule has 0 aliphatic carbocycles. The smallest absolute Gasteiger partial charge is 0.335 e. The van der Waals surface area contributed by atoms with E-state index in [9.17, 15) is 18.3 Å². The highest BCUT2D eigenvalue weighted by atomic mass is 32.2. The average Bonchev–Trinajstić information content (AvgIpc) is 3.12. The van der Waals surface area contributed by atoms with Gasteiger partial charge in [-0.15, -0.1) is 0 Å². The van der Waals surface area contributed by atoms with Crippen molar-refractivity contribution in [1.82, 2.24) is 4.72 Å². The van der Waals surface area contributed by atoms with Crippen molar-refractivity contribution in [3.05, 3.63) is 23.8 Å². The molecule has 152 valence electrons. The summed E-state index contributed by atoms with van der Waals surface area (Å²) in [6, 6.07) is 4.04. The maximum Gasteiger partial charge on any atom is 0.335 e. The van der Waals surface area contributed by atoms with Gasteiger partial charge in [0, 0.05) is 26.3 Å². The van der Waals surface area contributed by atoms with Crippen molar-refractivity contribution in [3.63, 3.8) is 0 Å². The van der Waals surface area contributed by atoms with Crippen LogP contribution in [0, 0.1) is 0 Å². The van der Waals surface area contributed by atoms with E-state index in [1.165, 1.54) is 18.2 Å². The SMILES string of the molecule is CC(C)OCCCNS(=O)(=O)c1cc(C(=O)O)ccc1NCC1CCCO1. The summed E-state index contributed by atoms with van der Waals surface area (Å²) in [7, 11) is -3.87. The number of hydrogen-bond acceptors (Lipinski definition) is 6. The van der Waals surface area contributed by atoms with Gasteiger partial charge in [0.1, 0.15) is 4.90 Å². The molecule has 1 aromatic rings. The molecule has 1 unspecified atom stereocenters. The number of benzene rings is 1. The molecule has 1 heterocycles. The highest BCUT2D eigenvalue weighted by Crippen LogP contribution is 2.24. The van der Waals surface area contributed by atoms with Gasteiger partial charge in [-0.2, -0.15) is 0 Å². The van der Waals surface area contributed by atoms with Crippen molar-refractivity contribution in [2.75, 3.05) is 31.6 Å². The Labute approximate surface area is 160 Å². The number of nitrogens with one attached hydrogen (secondary N) is 2. The Hall–Kier alpha value is -1.68. The molecule has 3 N–H and O–H groups in total. The van der Waals surface area contributed by atoms with Crippen LogP contribution in [0.15, 0.2) is 23.1 Å². The van der Waals surface area contributed by atoms with Crippen LogP contribution in [-0.2, 0) is 19.5 Å². The predicted octanol–water partition coefficient (Wildman–Crippen LogP) is 2.07. The predicted molar refractivity (Wildman–Crippen MR) is 102 cm³/mol. The summed E-state index contributed by atoms with van der Waals surface area (Å²) in [4.78, 5) is 11.2. The summed E-state index contributed by atoms with van der Waals surface area (Å²) in [5.74, 6) is -1.18. The van der Waals surface area contributed by atoms with Crippen LogP contribution in [0.3, 0.4) is 0 Å². The number of anilines is 1. The fourth-order valence-electron chi connectivity index (χ4n) is 2.73. The first-order chi connectivity index (χ1) is 12.8. The van der Waals surface area contributed by atoms with Gasteiger partial charge in [-0.1, -0.05) is 0 Å². The summed E-state index contributed by atoms with van der Waals surface area (Å²) in [6.45, 7) is 5.64. The van der Waals surface area contributed by atoms with Crippen LogP contribution in [0.1, 0.15) is 43.5 Å². The monoisotopic (exact) mass is 400 g/mol. The highest BCUT2D eigenvalue weighted by molar-refractivity contribution is 7.89. The molecule has 1 saturated heterocycles. The summed E-state index contributed by atoms with van der Waals surface area (Å²) < 4.78 is 38.9. The Morgan fingerprint density at radius 3 is 2.81 bits per heavy atom. The standard InChI is InChI=1S/C18H28N2O6S/c1-13(2)25-10-4-8-20-27(23,24)17-11-14(18(21)22)6-7-16(17)19-12-15-5-3-9-26-15/h6-7,11,13,15,19-20H,3-5,8-10,12H2,1-2H3,(H,21,22). The molecule has 2 rings (SSSR count). The Bertz CT molecular complexity index is 729. The van der Waals surface area contributed by atoms with Gasteiger partial charge in [0.2, 0.25) is 10.0 Å². The minimum absolute atomic E-state index is 0.0286. The quantitative estimate of drug-likeness (QED) is 0.487. The van der Waals surface area contributed by atoms with Crippen molar-refractivity contribution < 1.29 is 27.8 Å². The molecule has 1 atom stereocenters. The Kier molecular flexibility index (Phi) is 8.03. The third-order valence-corrected chi connectivity index (χ3v) is 5.63. The van der Waals surface area contributed by atoms with Crippen molar-refractivity contribution in [1.29, 1.82) is 0 Å². The van der Waals surface area contributed by atoms with Crippen LogP contribution < -0.4 is 10.0 Å². The molecule has 0 saturated carbocycles. The molecule has 0 amide bonds. The van der Waals surface area contributed by atoms with E-state index in [4.69, 9.17) is 9.47 Å². The molecule has 0 aromatic heterocycles. The molecule has 1 aliphatic rings. The second-order valence-corrected chi connectivity index (χ2v) is 8.44. The molecular formula is C18H28N2O6S. The number of carbonyl (C=O) groups is 1. The van der Waals surface area contributed by atoms with Crippen LogP contribution in [0.25, 0.3) is 0 Å². The highest BCUT2D eigenvalue weighted by Gasteiger charge is 2.22. The van der Waals surface area contributed by atoms with Crippen molar-refractivity contribution in [3.8, 4) is 0 Å². The van der Waals surface area contributed by atoms with Gasteiger partial charge >= 0.3 is 5.97 Å². The summed E-state index contributed by atoms with van der Waals surface area (Å²) >= 11 is 0. The zero-order valence-electron chi connectivity index (χ0n) is 15.7. The molecule has 1 fully saturated rings. The molecule has 27 heavy (non-hydrogen) atoms. The normalized spacial score (nSPS) is 17.4. The number of hydrogen-bond donors (Lipinski definition) is 3. The van der Waals surface area contributed by atoms with Crippen molar-refractivity contribution >= 4 is 21.7 Å². The van der Waals surface area contributed by atoms with Crippen molar-refractivity contribution in [2.24, 2.45) is 0 Å². The van der Waals surface area contributed by atoms with E-state index in [1.807, 2.05) is 13.8 Å². The number of rotatable bonds is 11. The second kappa shape index (κ2) is 10.0. The van der Waals surface area contributed by atoms with E-state index in [-0.39, 0.29) is 29.2 Å². The molecular weight excluding hydrogens is 372 g/mol. The molecule has 0 bridgehead atoms. The lowest BCUT2D eigenvalue weighted by Gasteiger charge is -2.16. The van der Waals surface area contributed by atoms with Gasteiger partial charge in [-0.05, 0) is 51.3 Å². The first-order valence-electron chi connectivity index (χ1n) is 9.13. The zero-order valence-corrected chi connectivity index (χ0v) is 16.5. The maximum absolute atomic E-state index is 12.7. The third kappa shape index (κ3) is 6.76. The fourth-order valence-corrected chi connectivity index (χ4v) is 4.01. The number of ether oxygens (including phenoxy) is 2. The zero-order chi connectivity index (χ0) is 19.9. The van der Waals surface area contributed by atoms with E-state index >= 15 is 0 Å². The molecule has 8 nitrogen and oxygen atoms in total. The van der Waals surface area contributed by atoms with Crippen LogP contribution in [0.2, 0.25) is 0 Å². The second-order valence-electron chi connectivity index (χ2n) is 6.70. The maximum atomic E-state index is 12.7. The van der Waals surface area contributed by atoms with Crippen LogP contribution in [0.5, 0.6) is 0 Å². The number of sulfonamides is 1. The van der Waals surface area contributed by atoms with E-state index in [0.29, 0.717) is 31.9 Å². The summed E-state index contributed by atoms with van der Waals surface area (Å²) in [5.41, 5.74) is 0.280. The van der Waals surface area contributed by atoms with Crippen LogP contribution in [0.4, 0.5) is 5.69 Å². The Balaban J connectivity index is 2.09. The lowest BCUT2D eigenvalue weighted by atomic mass is 10.2. The van der Waals surface area contributed by atoms with E-state index in [1.54, 1.807) is 0 Å². The van der Waals surface area contributed by atoms with Crippen LogP contribution in [-0.4, -0.2) is 58.0 Å². The molecule has 0 spiro atoms. The summed E-state index contributed by atoms with van der Waals surface area (Å²) in [5, 5.41) is 12.3. The number of aromatic carboxylic acids is 1. The van der Waals surface area contributed by atoms with E-state index in [0.717, 1.165) is 12.8 Å². The molecule has 1 aromatic carbocycles. The van der Waals surface area contributed by atoms with Gasteiger partial charge in [0.15, 0.2) is 0 Å². The molecule has 0 radical (unpaired) electrons. The number of carboxylic acids is 1. The van der Waals surface area contributed by atoms with Crippen molar-refractivity contribution in [2.45, 2.75) is 50.2 Å². The average molecular weight is 400 g/mol. The van der Waals surface area contributed by atoms with Gasteiger partial charge in [0.25, 0.3) is 0 Å². The molecule has 1 aliphatic heterocycles. The Morgan fingerprint density at radius 1 is 1.41 bits per heavy atom. The lowest BCUT2D eigenvalue weighted by molar-refractivity contribution is 0.0696. The number of carboxylic acid groups (broad SMARTS) is 1. The minimum atomic E-state index is -3.87. The van der Waals surface area contributed by atoms with E-state index in [2.05, 4.69) is 10.0 Å². The minimum Gasteiger partial charge on any atom is -0.478 e. The largest absolute Gasteiger partial charge is 0.478 e. The lowest BCUT2D eigenvalue weighted by Crippen LogP contribution is -2.28. The van der Waals surface area contributed by atoms with Crippen LogP contribution >= 0.6 is 0 Å². The van der Waals surface area contributed by atoms with Gasteiger partial charge in [0.05, 0.1) is 23.5 Å². The fraction of sp³-hybridized carbons (Fsp3) is 0.611. The van der Waals surface area contributed by atoms with Gasteiger partial charge in [-0.25, -0.2) is 17.9 Å². The van der Waals surface area contributed by atoms with E-state index < -0.39 is 16.0 Å². The summed E-state index contributed by atoms with van der Waals surface area (Å²) in [6.07, 6.45) is 2.53.